The summed E-state index contributed by atoms with van der Waals surface area (Å²) >= 11 is 0. The SMILES string of the molecule is COC1=C[C@@H]2C(=CC[C@@H]3[C@@]2(C)C(=O)C[C@]2(C)[C@@H]([C@@](C)(O)C(=O)/C=C/C(C)(C)O)[C@H](O)C[C@@]32C)C(C)(C)C1=O. The van der Waals surface area contributed by atoms with Crippen molar-refractivity contribution in [2.45, 2.75) is 92.0 Å². The molecule has 0 amide bonds. The van der Waals surface area contributed by atoms with Gasteiger partial charge in [0.1, 0.15) is 11.4 Å². The van der Waals surface area contributed by atoms with E-state index in [-0.39, 0.29) is 35.6 Å². The molecule has 4 aliphatic carbocycles. The number of ketones is 3. The van der Waals surface area contributed by atoms with Gasteiger partial charge in [0.25, 0.3) is 0 Å². The highest BCUT2D eigenvalue weighted by Gasteiger charge is 2.74. The minimum Gasteiger partial charge on any atom is -0.493 e. The third-order valence-electron chi connectivity index (χ3n) is 11.0. The van der Waals surface area contributed by atoms with Crippen LogP contribution < -0.4 is 0 Å². The van der Waals surface area contributed by atoms with E-state index < -0.39 is 50.7 Å². The van der Waals surface area contributed by atoms with Gasteiger partial charge < -0.3 is 20.1 Å². The molecule has 0 unspecified atom stereocenters. The lowest BCUT2D eigenvalue weighted by Crippen LogP contribution is -2.64. The first-order chi connectivity index (χ1) is 17.2. The lowest BCUT2D eigenvalue weighted by Gasteiger charge is -2.63. The number of allylic oxidation sites excluding steroid dienone is 4. The van der Waals surface area contributed by atoms with E-state index in [0.717, 1.165) is 5.57 Å². The number of carbonyl (C=O) groups is 3. The highest BCUT2D eigenvalue weighted by atomic mass is 16.5. The molecule has 4 aliphatic rings. The summed E-state index contributed by atoms with van der Waals surface area (Å²) in [6.45, 7) is 14.2. The zero-order valence-electron chi connectivity index (χ0n) is 24.2. The van der Waals surface area contributed by atoms with Gasteiger partial charge in [0.15, 0.2) is 11.5 Å². The smallest absolute Gasteiger partial charge is 0.206 e. The molecule has 0 aromatic heterocycles. The number of hydrogen-bond acceptors (Lipinski definition) is 7. The van der Waals surface area contributed by atoms with E-state index in [4.69, 9.17) is 4.74 Å². The van der Waals surface area contributed by atoms with Crippen LogP contribution in [-0.2, 0) is 19.1 Å². The predicted molar refractivity (Wildman–Crippen MR) is 143 cm³/mol. The highest BCUT2D eigenvalue weighted by molar-refractivity contribution is 6.02. The third kappa shape index (κ3) is 3.68. The number of methoxy groups -OCH3 is 1. The highest BCUT2D eigenvalue weighted by Crippen LogP contribution is 2.73. The standard InChI is InChI=1S/C31H44O7/c1-26(2,36)13-12-22(33)31(8,37)24-19(32)15-28(5)21-11-10-17-18(14-20(38-9)25(35)27(17,3)4)30(21,7)23(34)16-29(24,28)6/h10,12-14,18-19,21,24,32,36-37H,11,15-16H2,1-9H3/b13-12+/t18-,19-,21+,24+,28+,29-,30+,31+/m1/s1. The van der Waals surface area contributed by atoms with Crippen molar-refractivity contribution in [3.8, 4) is 0 Å². The number of ether oxygens (including phenoxy) is 1. The van der Waals surface area contributed by atoms with Crippen molar-refractivity contribution in [3.63, 3.8) is 0 Å². The Labute approximate surface area is 226 Å². The van der Waals surface area contributed by atoms with Crippen LogP contribution in [0.5, 0.6) is 0 Å². The van der Waals surface area contributed by atoms with Crippen molar-refractivity contribution >= 4 is 17.3 Å². The van der Waals surface area contributed by atoms with Crippen LogP contribution in [-0.4, -0.2) is 57.1 Å². The second kappa shape index (κ2) is 8.45. The van der Waals surface area contributed by atoms with Crippen LogP contribution in [0.3, 0.4) is 0 Å². The molecule has 0 spiro atoms. The summed E-state index contributed by atoms with van der Waals surface area (Å²) < 4.78 is 5.47. The summed E-state index contributed by atoms with van der Waals surface area (Å²) in [5.74, 6) is -1.84. The lowest BCUT2D eigenvalue weighted by molar-refractivity contribution is -0.179. The number of fused-ring (bicyclic) bond motifs is 5. The lowest BCUT2D eigenvalue weighted by atomic mass is 9.39. The largest absolute Gasteiger partial charge is 0.493 e. The zero-order chi connectivity index (χ0) is 28.9. The molecule has 4 rings (SSSR count). The van der Waals surface area contributed by atoms with Gasteiger partial charge in [-0.15, -0.1) is 0 Å². The molecule has 0 radical (unpaired) electrons. The molecule has 2 fully saturated rings. The normalized spacial score (nSPS) is 42.0. The number of aliphatic hydroxyl groups is 3. The van der Waals surface area contributed by atoms with E-state index in [1.165, 1.54) is 40.0 Å². The summed E-state index contributed by atoms with van der Waals surface area (Å²) in [7, 11) is 1.47. The van der Waals surface area contributed by atoms with Gasteiger partial charge in [-0.05, 0) is 76.4 Å². The van der Waals surface area contributed by atoms with E-state index in [0.29, 0.717) is 12.8 Å². The third-order valence-corrected chi connectivity index (χ3v) is 11.0. The predicted octanol–water partition coefficient (Wildman–Crippen LogP) is 3.71. The Kier molecular flexibility index (Phi) is 6.43. The Hall–Kier alpha value is -2.09. The molecule has 7 nitrogen and oxygen atoms in total. The van der Waals surface area contributed by atoms with Crippen molar-refractivity contribution in [2.75, 3.05) is 7.11 Å². The van der Waals surface area contributed by atoms with Crippen molar-refractivity contribution in [3.05, 3.63) is 35.6 Å². The first kappa shape index (κ1) is 28.9. The first-order valence-corrected chi connectivity index (χ1v) is 13.6. The number of aliphatic hydroxyl groups excluding tert-OH is 1. The average molecular weight is 529 g/mol. The molecule has 0 heterocycles. The summed E-state index contributed by atoms with van der Waals surface area (Å²) in [6, 6.07) is 0. The quantitative estimate of drug-likeness (QED) is 0.367. The molecule has 0 aromatic carbocycles. The van der Waals surface area contributed by atoms with Crippen LogP contribution in [0.4, 0.5) is 0 Å². The number of hydrogen-bond donors (Lipinski definition) is 3. The van der Waals surface area contributed by atoms with Gasteiger partial charge in [0, 0.05) is 23.7 Å². The second-order valence-corrected chi connectivity index (χ2v) is 14.1. The van der Waals surface area contributed by atoms with Crippen molar-refractivity contribution in [1.82, 2.24) is 0 Å². The maximum Gasteiger partial charge on any atom is 0.206 e. The monoisotopic (exact) mass is 528 g/mol. The van der Waals surface area contributed by atoms with Gasteiger partial charge >= 0.3 is 0 Å². The van der Waals surface area contributed by atoms with Gasteiger partial charge in [-0.1, -0.05) is 38.5 Å². The molecule has 0 saturated heterocycles. The molecular formula is C31H44O7. The van der Waals surface area contributed by atoms with Crippen LogP contribution in [0.2, 0.25) is 0 Å². The van der Waals surface area contributed by atoms with Crippen LogP contribution in [0, 0.1) is 39.4 Å². The van der Waals surface area contributed by atoms with Gasteiger partial charge in [-0.3, -0.25) is 14.4 Å². The van der Waals surface area contributed by atoms with Gasteiger partial charge in [0.05, 0.1) is 24.2 Å². The Morgan fingerprint density at radius 3 is 2.24 bits per heavy atom. The fraction of sp³-hybridized carbons (Fsp3) is 0.710. The summed E-state index contributed by atoms with van der Waals surface area (Å²) in [4.78, 5) is 40.7. The number of Topliss-reactive ketones (excluding diaryl/α,β-unsaturated/α-hetero) is 2. The Balaban J connectivity index is 1.83. The fourth-order valence-electron chi connectivity index (χ4n) is 8.72. The Morgan fingerprint density at radius 1 is 1.08 bits per heavy atom. The molecule has 210 valence electrons. The zero-order valence-corrected chi connectivity index (χ0v) is 24.2. The van der Waals surface area contributed by atoms with Gasteiger partial charge in [-0.25, -0.2) is 0 Å². The van der Waals surface area contributed by atoms with E-state index in [9.17, 15) is 29.7 Å². The molecule has 0 bridgehead atoms. The second-order valence-electron chi connectivity index (χ2n) is 14.1. The molecule has 7 heteroatoms. The molecule has 3 N–H and O–H groups in total. The molecular weight excluding hydrogens is 484 g/mol. The van der Waals surface area contributed by atoms with E-state index in [1.807, 2.05) is 27.7 Å². The molecule has 2 saturated carbocycles. The van der Waals surface area contributed by atoms with Crippen LogP contribution in [0.1, 0.15) is 74.7 Å². The average Bonchev–Trinajstić information content (AvgIpc) is 2.99. The first-order valence-electron chi connectivity index (χ1n) is 13.6. The van der Waals surface area contributed by atoms with Gasteiger partial charge in [-0.2, -0.15) is 0 Å². The Bertz CT molecular complexity index is 1170. The molecule has 0 aliphatic heterocycles. The van der Waals surface area contributed by atoms with Crippen molar-refractivity contribution < 1.29 is 34.4 Å². The van der Waals surface area contributed by atoms with Crippen molar-refractivity contribution in [2.24, 2.45) is 39.4 Å². The Morgan fingerprint density at radius 2 is 1.68 bits per heavy atom. The minimum absolute atomic E-state index is 0.00399. The van der Waals surface area contributed by atoms with Crippen LogP contribution >= 0.6 is 0 Å². The van der Waals surface area contributed by atoms with Gasteiger partial charge in [0.2, 0.25) is 5.78 Å². The molecule has 8 atom stereocenters. The molecule has 0 aromatic rings. The maximum absolute atomic E-state index is 14.3. The van der Waals surface area contributed by atoms with E-state index in [1.54, 1.807) is 6.08 Å². The van der Waals surface area contributed by atoms with E-state index in [2.05, 4.69) is 13.0 Å². The topological polar surface area (TPSA) is 121 Å². The number of carbonyl (C=O) groups excluding carboxylic acids is 3. The van der Waals surface area contributed by atoms with Crippen molar-refractivity contribution in [1.29, 1.82) is 0 Å². The minimum atomic E-state index is -1.94. The van der Waals surface area contributed by atoms with Crippen LogP contribution in [0.15, 0.2) is 35.6 Å². The summed E-state index contributed by atoms with van der Waals surface area (Å²) in [5, 5.41) is 33.2. The maximum atomic E-state index is 14.3. The van der Waals surface area contributed by atoms with E-state index >= 15 is 0 Å². The fourth-order valence-corrected chi connectivity index (χ4v) is 8.72. The molecule has 38 heavy (non-hydrogen) atoms. The summed E-state index contributed by atoms with van der Waals surface area (Å²) in [6.07, 6.45) is 6.38. The van der Waals surface area contributed by atoms with Crippen LogP contribution in [0.25, 0.3) is 0 Å². The number of rotatable bonds is 5. The summed E-state index contributed by atoms with van der Waals surface area (Å²) in [5.41, 5.74) is -5.35.